The lowest BCUT2D eigenvalue weighted by Gasteiger charge is -2.03. The van der Waals surface area contributed by atoms with Gasteiger partial charge in [0.05, 0.1) is 15.7 Å². The molecule has 2 aromatic heterocycles. The number of nitrogens with zero attached hydrogens (tertiary/aromatic N) is 5. The van der Waals surface area contributed by atoms with Crippen LogP contribution in [-0.2, 0) is 0 Å². The lowest BCUT2D eigenvalue weighted by molar-refractivity contribution is 0.431. The summed E-state index contributed by atoms with van der Waals surface area (Å²) in [7, 11) is 0. The quantitative estimate of drug-likeness (QED) is 0.567. The summed E-state index contributed by atoms with van der Waals surface area (Å²) < 4.78 is 19.9. The van der Waals surface area contributed by atoms with Crippen molar-refractivity contribution in [3.63, 3.8) is 0 Å². The molecule has 0 saturated heterocycles. The summed E-state index contributed by atoms with van der Waals surface area (Å²) in [6.45, 7) is 0. The van der Waals surface area contributed by atoms with Gasteiger partial charge in [0.2, 0.25) is 5.82 Å². The van der Waals surface area contributed by atoms with E-state index < -0.39 is 5.82 Å². The molecular formula is C16H9Cl2FN6O. The highest BCUT2D eigenvalue weighted by atomic mass is 35.5. The summed E-state index contributed by atoms with van der Waals surface area (Å²) in [5.74, 6) is -0.0288. The monoisotopic (exact) mass is 390 g/mol. The van der Waals surface area contributed by atoms with Crippen LogP contribution in [0, 0.1) is 5.82 Å². The standard InChI is InChI=1S/C16H9Cl2FN6O/c17-10-4-2-1-3-9(10)15-21-16(26-23-15)13-14(20)25(24-22-13)8-5-6-12(19)11(18)7-8/h1-7H,20H2. The summed E-state index contributed by atoms with van der Waals surface area (Å²) in [5, 5.41) is 12.2. The van der Waals surface area contributed by atoms with Crippen LogP contribution in [0.15, 0.2) is 47.0 Å². The van der Waals surface area contributed by atoms with Crippen molar-refractivity contribution in [2.24, 2.45) is 0 Å². The van der Waals surface area contributed by atoms with Crippen LogP contribution in [-0.4, -0.2) is 25.1 Å². The molecule has 0 fully saturated rings. The molecular weight excluding hydrogens is 382 g/mol. The maximum atomic E-state index is 13.3. The summed E-state index contributed by atoms with van der Waals surface area (Å²) in [6.07, 6.45) is 0. The number of anilines is 1. The number of nitrogens with two attached hydrogens (primary N) is 1. The third-order valence-electron chi connectivity index (χ3n) is 3.60. The van der Waals surface area contributed by atoms with E-state index in [0.29, 0.717) is 22.1 Å². The molecule has 2 heterocycles. The normalized spacial score (nSPS) is 11.0. The molecule has 2 N–H and O–H groups in total. The van der Waals surface area contributed by atoms with Crippen molar-refractivity contribution in [1.29, 1.82) is 0 Å². The summed E-state index contributed by atoms with van der Waals surface area (Å²) in [4.78, 5) is 4.27. The minimum atomic E-state index is -0.546. The van der Waals surface area contributed by atoms with Crippen LogP contribution < -0.4 is 5.73 Å². The molecule has 2 aromatic carbocycles. The Bertz CT molecular complexity index is 1110. The van der Waals surface area contributed by atoms with Gasteiger partial charge < -0.3 is 10.3 Å². The fraction of sp³-hybridized carbons (Fsp3) is 0. The van der Waals surface area contributed by atoms with E-state index in [-0.39, 0.29) is 22.4 Å². The Hall–Kier alpha value is -2.97. The first-order valence-corrected chi connectivity index (χ1v) is 8.06. The van der Waals surface area contributed by atoms with Gasteiger partial charge in [0.25, 0.3) is 5.89 Å². The molecule has 7 nitrogen and oxygen atoms in total. The Labute approximate surface area is 156 Å². The number of halogens is 3. The molecule has 0 radical (unpaired) electrons. The SMILES string of the molecule is Nc1c(-c2nc(-c3ccccc3Cl)no2)nnn1-c1ccc(F)c(Cl)c1. The highest BCUT2D eigenvalue weighted by Crippen LogP contribution is 2.30. The second-order valence-corrected chi connectivity index (χ2v) is 6.05. The van der Waals surface area contributed by atoms with E-state index >= 15 is 0 Å². The van der Waals surface area contributed by atoms with E-state index in [1.54, 1.807) is 24.3 Å². The minimum Gasteiger partial charge on any atom is -0.382 e. The summed E-state index contributed by atoms with van der Waals surface area (Å²) in [5.41, 5.74) is 7.33. The molecule has 0 amide bonds. The van der Waals surface area contributed by atoms with E-state index in [4.69, 9.17) is 33.5 Å². The van der Waals surface area contributed by atoms with Crippen molar-refractivity contribution in [1.82, 2.24) is 25.1 Å². The van der Waals surface area contributed by atoms with Gasteiger partial charge in [0.15, 0.2) is 11.5 Å². The number of nitrogen functional groups attached to an aromatic ring is 1. The fourth-order valence-electron chi connectivity index (χ4n) is 2.32. The molecule has 130 valence electrons. The number of benzene rings is 2. The highest BCUT2D eigenvalue weighted by Gasteiger charge is 2.20. The number of rotatable bonds is 3. The van der Waals surface area contributed by atoms with Gasteiger partial charge in [0, 0.05) is 5.56 Å². The van der Waals surface area contributed by atoms with Gasteiger partial charge in [-0.1, -0.05) is 45.7 Å². The average Bonchev–Trinajstić information content (AvgIpc) is 3.24. The number of hydrogen-bond donors (Lipinski definition) is 1. The van der Waals surface area contributed by atoms with E-state index in [0.717, 1.165) is 0 Å². The van der Waals surface area contributed by atoms with Gasteiger partial charge in [-0.3, -0.25) is 0 Å². The third-order valence-corrected chi connectivity index (χ3v) is 4.22. The second-order valence-electron chi connectivity index (χ2n) is 5.24. The number of aromatic nitrogens is 5. The van der Waals surface area contributed by atoms with E-state index in [9.17, 15) is 4.39 Å². The fourth-order valence-corrected chi connectivity index (χ4v) is 2.72. The molecule has 0 aliphatic carbocycles. The van der Waals surface area contributed by atoms with Gasteiger partial charge in [-0.05, 0) is 30.3 Å². The zero-order chi connectivity index (χ0) is 18.3. The number of hydrogen-bond acceptors (Lipinski definition) is 6. The molecule has 0 aliphatic heterocycles. The molecule has 0 unspecified atom stereocenters. The van der Waals surface area contributed by atoms with Crippen LogP contribution in [0.4, 0.5) is 10.2 Å². The molecule has 4 rings (SSSR count). The Morgan fingerprint density at radius 3 is 2.65 bits per heavy atom. The van der Waals surface area contributed by atoms with Crippen molar-refractivity contribution in [3.05, 3.63) is 58.3 Å². The van der Waals surface area contributed by atoms with Crippen LogP contribution >= 0.6 is 23.2 Å². The first-order valence-electron chi connectivity index (χ1n) is 7.30. The van der Waals surface area contributed by atoms with Crippen molar-refractivity contribution in [2.75, 3.05) is 5.73 Å². The van der Waals surface area contributed by atoms with Crippen molar-refractivity contribution < 1.29 is 8.91 Å². The van der Waals surface area contributed by atoms with Gasteiger partial charge in [-0.2, -0.15) is 9.67 Å². The lowest BCUT2D eigenvalue weighted by atomic mass is 10.2. The first kappa shape index (κ1) is 16.5. The predicted octanol–water partition coefficient (Wildman–Crippen LogP) is 4.01. The van der Waals surface area contributed by atoms with Crippen molar-refractivity contribution >= 4 is 29.0 Å². The topological polar surface area (TPSA) is 95.7 Å². The van der Waals surface area contributed by atoms with Crippen molar-refractivity contribution in [3.8, 4) is 28.7 Å². The summed E-state index contributed by atoms with van der Waals surface area (Å²) in [6, 6.07) is 11.1. The Balaban J connectivity index is 1.73. The van der Waals surface area contributed by atoms with E-state index in [1.165, 1.54) is 22.9 Å². The minimum absolute atomic E-state index is 0.0576. The van der Waals surface area contributed by atoms with Crippen molar-refractivity contribution in [2.45, 2.75) is 0 Å². The first-order chi connectivity index (χ1) is 12.5. The second kappa shape index (κ2) is 6.40. The molecule has 4 aromatic rings. The van der Waals surface area contributed by atoms with Crippen LogP contribution in [0.1, 0.15) is 0 Å². The van der Waals surface area contributed by atoms with Gasteiger partial charge in [-0.25, -0.2) is 4.39 Å². The van der Waals surface area contributed by atoms with Crippen LogP contribution in [0.3, 0.4) is 0 Å². The predicted molar refractivity (Wildman–Crippen MR) is 94.5 cm³/mol. The molecule has 0 saturated carbocycles. The average molecular weight is 391 g/mol. The van der Waals surface area contributed by atoms with Gasteiger partial charge in [0.1, 0.15) is 5.82 Å². The van der Waals surface area contributed by atoms with Crippen LogP contribution in [0.5, 0.6) is 0 Å². The maximum Gasteiger partial charge on any atom is 0.282 e. The third kappa shape index (κ3) is 2.79. The van der Waals surface area contributed by atoms with Gasteiger partial charge in [-0.15, -0.1) is 5.10 Å². The molecule has 0 atom stereocenters. The molecule has 0 spiro atoms. The summed E-state index contributed by atoms with van der Waals surface area (Å²) >= 11 is 11.9. The van der Waals surface area contributed by atoms with Crippen LogP contribution in [0.2, 0.25) is 10.0 Å². The van der Waals surface area contributed by atoms with E-state index in [1.807, 2.05) is 0 Å². The largest absolute Gasteiger partial charge is 0.382 e. The Morgan fingerprint density at radius 1 is 1.08 bits per heavy atom. The Morgan fingerprint density at radius 2 is 1.88 bits per heavy atom. The molecule has 10 heteroatoms. The van der Waals surface area contributed by atoms with Gasteiger partial charge >= 0.3 is 0 Å². The zero-order valence-electron chi connectivity index (χ0n) is 12.9. The molecule has 26 heavy (non-hydrogen) atoms. The Kier molecular flexibility index (Phi) is 4.06. The zero-order valence-corrected chi connectivity index (χ0v) is 14.4. The smallest absolute Gasteiger partial charge is 0.282 e. The lowest BCUT2D eigenvalue weighted by Crippen LogP contribution is -2.02. The molecule has 0 bridgehead atoms. The maximum absolute atomic E-state index is 13.3. The highest BCUT2D eigenvalue weighted by molar-refractivity contribution is 6.33. The van der Waals surface area contributed by atoms with Crippen LogP contribution in [0.25, 0.3) is 28.7 Å². The molecule has 0 aliphatic rings. The van der Waals surface area contributed by atoms with E-state index in [2.05, 4.69) is 20.5 Å².